The fourth-order valence-corrected chi connectivity index (χ4v) is 2.45. The van der Waals surface area contributed by atoms with Crippen molar-refractivity contribution in [2.24, 2.45) is 0 Å². The highest BCUT2D eigenvalue weighted by molar-refractivity contribution is 9.10. The van der Waals surface area contributed by atoms with Gasteiger partial charge in [0.15, 0.2) is 0 Å². The zero-order chi connectivity index (χ0) is 14.5. The van der Waals surface area contributed by atoms with Gasteiger partial charge in [0.25, 0.3) is 0 Å². The van der Waals surface area contributed by atoms with Crippen LogP contribution in [0.15, 0.2) is 46.9 Å². The third-order valence-corrected chi connectivity index (χ3v) is 3.71. The number of benzene rings is 2. The molecule has 0 saturated heterocycles. The van der Waals surface area contributed by atoms with E-state index >= 15 is 0 Å². The molecule has 0 bridgehead atoms. The van der Waals surface area contributed by atoms with Gasteiger partial charge in [0.1, 0.15) is 11.5 Å². The van der Waals surface area contributed by atoms with E-state index in [0.717, 1.165) is 15.6 Å². The summed E-state index contributed by atoms with van der Waals surface area (Å²) < 4.78 is 6.25. The van der Waals surface area contributed by atoms with Crippen LogP contribution in [-0.2, 0) is 17.6 Å². The molecule has 20 heavy (non-hydrogen) atoms. The van der Waals surface area contributed by atoms with Crippen molar-refractivity contribution in [3.8, 4) is 5.75 Å². The SMILES string of the molecule is COc1ccc(Cl)cc1CC(=O)Cc1ccc(Br)cc1. The molecule has 0 fully saturated rings. The summed E-state index contributed by atoms with van der Waals surface area (Å²) in [5.74, 6) is 0.825. The molecule has 0 spiro atoms. The van der Waals surface area contributed by atoms with Crippen LogP contribution in [0.25, 0.3) is 0 Å². The third-order valence-electron chi connectivity index (χ3n) is 2.94. The van der Waals surface area contributed by atoms with E-state index in [2.05, 4.69) is 15.9 Å². The number of ether oxygens (including phenoxy) is 1. The van der Waals surface area contributed by atoms with Crippen LogP contribution in [0.2, 0.25) is 5.02 Å². The van der Waals surface area contributed by atoms with Gasteiger partial charge in [-0.25, -0.2) is 0 Å². The van der Waals surface area contributed by atoms with Gasteiger partial charge < -0.3 is 4.74 Å². The maximum absolute atomic E-state index is 12.1. The van der Waals surface area contributed by atoms with E-state index in [1.165, 1.54) is 0 Å². The lowest BCUT2D eigenvalue weighted by molar-refractivity contribution is -0.117. The molecule has 0 amide bonds. The number of carbonyl (C=O) groups is 1. The third kappa shape index (κ3) is 4.09. The Morgan fingerprint density at radius 3 is 2.50 bits per heavy atom. The highest BCUT2D eigenvalue weighted by Crippen LogP contribution is 2.23. The van der Waals surface area contributed by atoms with E-state index in [9.17, 15) is 4.79 Å². The number of halogens is 2. The molecule has 0 aliphatic rings. The monoisotopic (exact) mass is 352 g/mol. The maximum atomic E-state index is 12.1. The van der Waals surface area contributed by atoms with Crippen molar-refractivity contribution in [1.29, 1.82) is 0 Å². The average molecular weight is 354 g/mol. The summed E-state index contributed by atoms with van der Waals surface area (Å²) in [5, 5.41) is 0.609. The van der Waals surface area contributed by atoms with E-state index in [0.29, 0.717) is 23.6 Å². The van der Waals surface area contributed by atoms with E-state index in [4.69, 9.17) is 16.3 Å². The molecule has 0 radical (unpaired) electrons. The predicted octanol–water partition coefficient (Wildman–Crippen LogP) is 4.47. The van der Waals surface area contributed by atoms with Crippen molar-refractivity contribution in [2.75, 3.05) is 7.11 Å². The molecule has 2 aromatic rings. The Morgan fingerprint density at radius 1 is 1.15 bits per heavy atom. The Morgan fingerprint density at radius 2 is 1.85 bits per heavy atom. The molecule has 0 saturated carbocycles. The van der Waals surface area contributed by atoms with Crippen LogP contribution >= 0.6 is 27.5 Å². The Hall–Kier alpha value is -1.32. The molecule has 2 aromatic carbocycles. The standard InChI is InChI=1S/C16H14BrClO2/c1-20-16-7-6-14(18)9-12(16)10-15(19)8-11-2-4-13(17)5-3-11/h2-7,9H,8,10H2,1H3. The first kappa shape index (κ1) is 15.1. The average Bonchev–Trinajstić information content (AvgIpc) is 2.41. The highest BCUT2D eigenvalue weighted by atomic mass is 79.9. The van der Waals surface area contributed by atoms with Crippen LogP contribution in [0, 0.1) is 0 Å². The fraction of sp³-hybridized carbons (Fsp3) is 0.188. The minimum Gasteiger partial charge on any atom is -0.496 e. The Kier molecular flexibility index (Phi) is 5.21. The van der Waals surface area contributed by atoms with Crippen molar-refractivity contribution < 1.29 is 9.53 Å². The zero-order valence-corrected chi connectivity index (χ0v) is 13.4. The number of rotatable bonds is 5. The summed E-state index contributed by atoms with van der Waals surface area (Å²) in [6.45, 7) is 0. The number of Topliss-reactive ketones (excluding diaryl/α,β-unsaturated/α-hetero) is 1. The van der Waals surface area contributed by atoms with Gasteiger partial charge in [-0.3, -0.25) is 4.79 Å². The molecule has 0 aliphatic carbocycles. The lowest BCUT2D eigenvalue weighted by Gasteiger charge is -2.08. The van der Waals surface area contributed by atoms with Crippen molar-refractivity contribution in [3.63, 3.8) is 0 Å². The molecule has 0 unspecified atom stereocenters. The van der Waals surface area contributed by atoms with Crippen LogP contribution in [0.1, 0.15) is 11.1 Å². The summed E-state index contributed by atoms with van der Waals surface area (Å²) in [5.41, 5.74) is 1.82. The number of methoxy groups -OCH3 is 1. The second-order valence-electron chi connectivity index (χ2n) is 4.47. The molecule has 104 valence electrons. The van der Waals surface area contributed by atoms with Gasteiger partial charge in [0.05, 0.1) is 7.11 Å². The first-order valence-corrected chi connectivity index (χ1v) is 7.34. The minimum absolute atomic E-state index is 0.132. The van der Waals surface area contributed by atoms with Crippen LogP contribution in [0.3, 0.4) is 0 Å². The predicted molar refractivity (Wildman–Crippen MR) is 84.6 cm³/mol. The fourth-order valence-electron chi connectivity index (χ4n) is 1.99. The van der Waals surface area contributed by atoms with Crippen molar-refractivity contribution in [1.82, 2.24) is 0 Å². The Labute approximate surface area is 131 Å². The van der Waals surface area contributed by atoms with E-state index in [-0.39, 0.29) is 5.78 Å². The number of carbonyl (C=O) groups excluding carboxylic acids is 1. The van der Waals surface area contributed by atoms with Gasteiger partial charge in [0.2, 0.25) is 0 Å². The second kappa shape index (κ2) is 6.91. The van der Waals surface area contributed by atoms with E-state index in [1.54, 1.807) is 25.3 Å². The topological polar surface area (TPSA) is 26.3 Å². The van der Waals surface area contributed by atoms with Crippen molar-refractivity contribution in [2.45, 2.75) is 12.8 Å². The molecule has 0 N–H and O–H groups in total. The summed E-state index contributed by atoms with van der Waals surface area (Å²) in [6.07, 6.45) is 0.725. The van der Waals surface area contributed by atoms with Crippen LogP contribution in [0.4, 0.5) is 0 Å². The van der Waals surface area contributed by atoms with Crippen LogP contribution < -0.4 is 4.74 Å². The van der Waals surface area contributed by atoms with Crippen molar-refractivity contribution in [3.05, 3.63) is 63.1 Å². The van der Waals surface area contributed by atoms with E-state index < -0.39 is 0 Å². The number of hydrogen-bond acceptors (Lipinski definition) is 2. The van der Waals surface area contributed by atoms with Gasteiger partial charge >= 0.3 is 0 Å². The lowest BCUT2D eigenvalue weighted by atomic mass is 10.0. The largest absolute Gasteiger partial charge is 0.496 e. The van der Waals surface area contributed by atoms with Crippen molar-refractivity contribution >= 4 is 33.3 Å². The summed E-state index contributed by atoms with van der Waals surface area (Å²) in [6, 6.07) is 13.1. The smallest absolute Gasteiger partial charge is 0.141 e. The molecule has 0 heterocycles. The number of ketones is 1. The van der Waals surface area contributed by atoms with Gasteiger partial charge in [-0.1, -0.05) is 39.7 Å². The molecule has 4 heteroatoms. The number of hydrogen-bond donors (Lipinski definition) is 0. The minimum atomic E-state index is 0.132. The van der Waals surface area contributed by atoms with E-state index in [1.807, 2.05) is 24.3 Å². The molecule has 0 aliphatic heterocycles. The summed E-state index contributed by atoms with van der Waals surface area (Å²) >= 11 is 9.34. The summed E-state index contributed by atoms with van der Waals surface area (Å²) in [7, 11) is 1.59. The summed E-state index contributed by atoms with van der Waals surface area (Å²) in [4.78, 5) is 12.1. The quantitative estimate of drug-likeness (QED) is 0.793. The molecular formula is C16H14BrClO2. The van der Waals surface area contributed by atoms with Gasteiger partial charge in [-0.2, -0.15) is 0 Å². The molecule has 2 rings (SSSR count). The Balaban J connectivity index is 2.08. The molecule has 0 atom stereocenters. The highest BCUT2D eigenvalue weighted by Gasteiger charge is 2.10. The Bertz CT molecular complexity index is 608. The first-order chi connectivity index (χ1) is 9.58. The molecule has 0 aromatic heterocycles. The van der Waals surface area contributed by atoms with Crippen LogP contribution in [-0.4, -0.2) is 12.9 Å². The van der Waals surface area contributed by atoms with Crippen LogP contribution in [0.5, 0.6) is 5.75 Å². The maximum Gasteiger partial charge on any atom is 0.141 e. The normalized spacial score (nSPS) is 10.3. The second-order valence-corrected chi connectivity index (χ2v) is 5.83. The molecular weight excluding hydrogens is 340 g/mol. The van der Waals surface area contributed by atoms with Gasteiger partial charge in [0, 0.05) is 27.9 Å². The zero-order valence-electron chi connectivity index (χ0n) is 11.0. The van der Waals surface area contributed by atoms with Gasteiger partial charge in [-0.05, 0) is 35.9 Å². The van der Waals surface area contributed by atoms with Gasteiger partial charge in [-0.15, -0.1) is 0 Å². The first-order valence-electron chi connectivity index (χ1n) is 6.17. The molecule has 2 nitrogen and oxygen atoms in total. The lowest BCUT2D eigenvalue weighted by Crippen LogP contribution is -2.07.